The highest BCUT2D eigenvalue weighted by Gasteiger charge is 2.17. The Morgan fingerprint density at radius 1 is 1.00 bits per heavy atom. The number of hydrogen-bond acceptors (Lipinski definition) is 3. The number of hydrogen-bond donors (Lipinski definition) is 0. The molecule has 142 valence electrons. The summed E-state index contributed by atoms with van der Waals surface area (Å²) in [6.07, 6.45) is 1.18. The van der Waals surface area contributed by atoms with Crippen molar-refractivity contribution in [3.05, 3.63) is 65.5 Å². The van der Waals surface area contributed by atoms with Gasteiger partial charge in [-0.05, 0) is 35.6 Å². The normalized spacial score (nSPS) is 16.7. The maximum atomic E-state index is 5.49. The minimum atomic E-state index is 0.616. The van der Waals surface area contributed by atoms with Gasteiger partial charge in [-0.25, -0.2) is 4.98 Å². The predicted molar refractivity (Wildman–Crippen MR) is 110 cm³/mol. The molecule has 0 saturated carbocycles. The number of imidazole rings is 1. The van der Waals surface area contributed by atoms with Gasteiger partial charge < -0.3 is 9.30 Å². The van der Waals surface area contributed by atoms with E-state index in [1.807, 2.05) is 0 Å². The zero-order valence-corrected chi connectivity index (χ0v) is 16.4. The molecule has 0 spiro atoms. The summed E-state index contributed by atoms with van der Waals surface area (Å²) in [5, 5.41) is 0. The van der Waals surface area contributed by atoms with E-state index in [9.17, 15) is 0 Å². The minimum Gasteiger partial charge on any atom is -0.379 e. The van der Waals surface area contributed by atoms with Gasteiger partial charge in [0, 0.05) is 19.6 Å². The quantitative estimate of drug-likeness (QED) is 0.649. The molecule has 3 aromatic rings. The second-order valence-electron chi connectivity index (χ2n) is 7.54. The van der Waals surface area contributed by atoms with Gasteiger partial charge in [0.25, 0.3) is 0 Å². The molecule has 2 heterocycles. The van der Waals surface area contributed by atoms with Crippen LogP contribution in [0.4, 0.5) is 0 Å². The molecule has 1 atom stereocenters. The third-order valence-corrected chi connectivity index (χ3v) is 5.70. The van der Waals surface area contributed by atoms with Gasteiger partial charge in [-0.2, -0.15) is 0 Å². The van der Waals surface area contributed by atoms with Crippen LogP contribution in [0.1, 0.15) is 43.1 Å². The molecule has 1 aliphatic heterocycles. The molecule has 1 unspecified atom stereocenters. The lowest BCUT2D eigenvalue weighted by atomic mass is 9.98. The fourth-order valence-corrected chi connectivity index (χ4v) is 3.75. The number of fused-ring (bicyclic) bond motifs is 1. The van der Waals surface area contributed by atoms with Crippen LogP contribution in [0, 0.1) is 0 Å². The van der Waals surface area contributed by atoms with E-state index in [2.05, 4.69) is 71.8 Å². The molecule has 0 amide bonds. The number of para-hydroxylation sites is 2. The van der Waals surface area contributed by atoms with E-state index in [4.69, 9.17) is 9.72 Å². The third-order valence-electron chi connectivity index (χ3n) is 5.70. The second kappa shape index (κ2) is 8.24. The Hall–Kier alpha value is -2.17. The summed E-state index contributed by atoms with van der Waals surface area (Å²) in [6.45, 7) is 9.87. The lowest BCUT2D eigenvalue weighted by Crippen LogP contribution is -2.36. The van der Waals surface area contributed by atoms with Gasteiger partial charge in [-0.3, -0.25) is 4.90 Å². The van der Waals surface area contributed by atoms with Crippen molar-refractivity contribution in [2.24, 2.45) is 0 Å². The number of benzene rings is 2. The van der Waals surface area contributed by atoms with E-state index in [0.717, 1.165) is 50.7 Å². The van der Waals surface area contributed by atoms with Gasteiger partial charge in [0.05, 0.1) is 30.8 Å². The minimum absolute atomic E-state index is 0.616. The fraction of sp³-hybridized carbons (Fsp3) is 0.435. The summed E-state index contributed by atoms with van der Waals surface area (Å²) in [6, 6.07) is 17.6. The molecule has 0 N–H and O–H groups in total. The monoisotopic (exact) mass is 363 g/mol. The molecule has 4 rings (SSSR count). The molecule has 2 aromatic carbocycles. The van der Waals surface area contributed by atoms with Crippen LogP contribution in [0.2, 0.25) is 0 Å². The Kier molecular flexibility index (Phi) is 5.55. The number of rotatable bonds is 6. The summed E-state index contributed by atoms with van der Waals surface area (Å²) < 4.78 is 7.87. The molecule has 1 aromatic heterocycles. The van der Waals surface area contributed by atoms with E-state index >= 15 is 0 Å². The second-order valence-corrected chi connectivity index (χ2v) is 7.54. The van der Waals surface area contributed by atoms with Crippen LogP contribution in [0.5, 0.6) is 0 Å². The number of aromatic nitrogens is 2. The van der Waals surface area contributed by atoms with Crippen molar-refractivity contribution in [1.82, 2.24) is 14.5 Å². The Morgan fingerprint density at radius 2 is 1.74 bits per heavy atom. The summed E-state index contributed by atoms with van der Waals surface area (Å²) in [7, 11) is 0. The van der Waals surface area contributed by atoms with Crippen LogP contribution in [0.25, 0.3) is 11.0 Å². The standard InChI is InChI=1S/C23H29N3O/c1-3-18(2)20-10-8-19(9-11-20)16-26-22-7-5-4-6-21(22)24-23(26)17-25-12-14-27-15-13-25/h4-11,18H,3,12-17H2,1-2H3. The number of morpholine rings is 1. The lowest BCUT2D eigenvalue weighted by molar-refractivity contribution is 0.0327. The molecule has 0 aliphatic carbocycles. The van der Waals surface area contributed by atoms with Crippen molar-refractivity contribution >= 4 is 11.0 Å². The largest absolute Gasteiger partial charge is 0.379 e. The van der Waals surface area contributed by atoms with Crippen LogP contribution in [-0.4, -0.2) is 40.8 Å². The first-order valence-corrected chi connectivity index (χ1v) is 10.1. The van der Waals surface area contributed by atoms with Crippen molar-refractivity contribution in [3.63, 3.8) is 0 Å². The maximum absolute atomic E-state index is 5.49. The highest BCUT2D eigenvalue weighted by Crippen LogP contribution is 2.22. The van der Waals surface area contributed by atoms with E-state index < -0.39 is 0 Å². The summed E-state index contributed by atoms with van der Waals surface area (Å²) in [5.74, 6) is 1.76. The van der Waals surface area contributed by atoms with Crippen molar-refractivity contribution in [2.45, 2.75) is 39.3 Å². The first-order chi connectivity index (χ1) is 13.2. The van der Waals surface area contributed by atoms with Crippen LogP contribution >= 0.6 is 0 Å². The summed E-state index contributed by atoms with van der Waals surface area (Å²) >= 11 is 0. The highest BCUT2D eigenvalue weighted by molar-refractivity contribution is 5.76. The Labute approximate surface area is 161 Å². The number of nitrogens with zero attached hydrogens (tertiary/aromatic N) is 3. The summed E-state index contributed by atoms with van der Waals surface area (Å²) in [4.78, 5) is 7.38. The van der Waals surface area contributed by atoms with Crippen molar-refractivity contribution in [3.8, 4) is 0 Å². The van der Waals surface area contributed by atoms with E-state index in [1.54, 1.807) is 0 Å². The van der Waals surface area contributed by atoms with Crippen LogP contribution < -0.4 is 0 Å². The molecule has 0 radical (unpaired) electrons. The fourth-order valence-electron chi connectivity index (χ4n) is 3.75. The van der Waals surface area contributed by atoms with Gasteiger partial charge >= 0.3 is 0 Å². The topological polar surface area (TPSA) is 30.3 Å². The highest BCUT2D eigenvalue weighted by atomic mass is 16.5. The first kappa shape index (κ1) is 18.2. The Bertz CT molecular complexity index is 878. The molecular weight excluding hydrogens is 334 g/mol. The van der Waals surface area contributed by atoms with Gasteiger partial charge in [0.15, 0.2) is 0 Å². The lowest BCUT2D eigenvalue weighted by Gasteiger charge is -2.26. The van der Waals surface area contributed by atoms with Crippen molar-refractivity contribution in [1.29, 1.82) is 0 Å². The average molecular weight is 364 g/mol. The van der Waals surface area contributed by atoms with E-state index in [0.29, 0.717) is 5.92 Å². The van der Waals surface area contributed by atoms with E-state index in [-0.39, 0.29) is 0 Å². The first-order valence-electron chi connectivity index (χ1n) is 10.1. The predicted octanol–water partition coefficient (Wildman–Crippen LogP) is 4.43. The van der Waals surface area contributed by atoms with E-state index in [1.165, 1.54) is 23.1 Å². The van der Waals surface area contributed by atoms with Crippen molar-refractivity contribution < 1.29 is 4.74 Å². The van der Waals surface area contributed by atoms with Gasteiger partial charge in [-0.15, -0.1) is 0 Å². The molecule has 1 saturated heterocycles. The SMILES string of the molecule is CCC(C)c1ccc(Cn2c(CN3CCOCC3)nc3ccccc32)cc1. The molecule has 0 bridgehead atoms. The van der Waals surface area contributed by atoms with Gasteiger partial charge in [0.1, 0.15) is 5.82 Å². The molecular formula is C23H29N3O. The smallest absolute Gasteiger partial charge is 0.124 e. The summed E-state index contributed by atoms with van der Waals surface area (Å²) in [5.41, 5.74) is 5.04. The molecule has 27 heavy (non-hydrogen) atoms. The molecule has 4 nitrogen and oxygen atoms in total. The Morgan fingerprint density at radius 3 is 2.48 bits per heavy atom. The number of ether oxygens (including phenoxy) is 1. The van der Waals surface area contributed by atoms with Crippen LogP contribution in [0.3, 0.4) is 0 Å². The zero-order chi connectivity index (χ0) is 18.6. The van der Waals surface area contributed by atoms with Gasteiger partial charge in [0.2, 0.25) is 0 Å². The Balaban J connectivity index is 1.62. The molecule has 1 fully saturated rings. The third kappa shape index (κ3) is 4.07. The molecule has 1 aliphatic rings. The van der Waals surface area contributed by atoms with Crippen LogP contribution in [0.15, 0.2) is 48.5 Å². The van der Waals surface area contributed by atoms with Gasteiger partial charge in [-0.1, -0.05) is 50.2 Å². The van der Waals surface area contributed by atoms with Crippen LogP contribution in [-0.2, 0) is 17.8 Å². The zero-order valence-electron chi connectivity index (χ0n) is 16.4. The maximum Gasteiger partial charge on any atom is 0.124 e. The average Bonchev–Trinajstić information content (AvgIpc) is 3.06. The van der Waals surface area contributed by atoms with Crippen molar-refractivity contribution in [2.75, 3.05) is 26.3 Å². The molecule has 4 heteroatoms.